The van der Waals surface area contributed by atoms with Crippen molar-refractivity contribution in [2.24, 2.45) is 0 Å². The van der Waals surface area contributed by atoms with E-state index in [1.807, 2.05) is 0 Å². The molecule has 1 rings (SSSR count). The maximum atomic E-state index is 5.32. The minimum absolute atomic E-state index is 0. The molecule has 0 bridgehead atoms. The van der Waals surface area contributed by atoms with E-state index in [-0.39, 0.29) is 48.1 Å². The molecule has 8 heteroatoms. The van der Waals surface area contributed by atoms with Crippen LogP contribution in [0.5, 0.6) is 0 Å². The van der Waals surface area contributed by atoms with Gasteiger partial charge >= 0.3 is 0 Å². The lowest BCUT2D eigenvalue weighted by atomic mass is 10.4. The number of anilines is 4. The summed E-state index contributed by atoms with van der Waals surface area (Å²) in [5.74, 6) is 0.263. The molecule has 0 amide bonds. The Morgan fingerprint density at radius 2 is 1.08 bits per heavy atom. The van der Waals surface area contributed by atoms with Crippen LogP contribution in [0, 0.1) is 0 Å². The smallest absolute Gasteiger partial charge is 0.224 e. The SMILES string of the molecule is Cl.Cl.Nc1nc(N)c(N)c(N)n1. The highest BCUT2D eigenvalue weighted by Gasteiger charge is 2.02. The zero-order valence-electron chi connectivity index (χ0n) is 6.02. The Morgan fingerprint density at radius 1 is 0.750 bits per heavy atom. The molecule has 0 atom stereocenters. The number of rotatable bonds is 0. The first kappa shape index (κ1) is 13.4. The van der Waals surface area contributed by atoms with Gasteiger partial charge in [0.2, 0.25) is 5.95 Å². The number of nitrogens with two attached hydrogens (primary N) is 4. The van der Waals surface area contributed by atoms with Crippen LogP contribution in [0.15, 0.2) is 0 Å². The molecule has 12 heavy (non-hydrogen) atoms. The number of nitrogen functional groups attached to an aromatic ring is 4. The Morgan fingerprint density at radius 3 is 1.42 bits per heavy atom. The van der Waals surface area contributed by atoms with Crippen LogP contribution in [0.25, 0.3) is 0 Å². The van der Waals surface area contributed by atoms with Crippen LogP contribution >= 0.6 is 24.8 Å². The lowest BCUT2D eigenvalue weighted by Crippen LogP contribution is -2.07. The second-order valence-corrected chi connectivity index (χ2v) is 1.77. The summed E-state index contributed by atoms with van der Waals surface area (Å²) in [6, 6.07) is 0. The van der Waals surface area contributed by atoms with Crippen LogP contribution in [0.2, 0.25) is 0 Å². The molecule has 1 aromatic rings. The molecule has 6 nitrogen and oxygen atoms in total. The number of hydrogen-bond acceptors (Lipinski definition) is 6. The van der Waals surface area contributed by atoms with Gasteiger partial charge in [-0.15, -0.1) is 24.8 Å². The van der Waals surface area contributed by atoms with Gasteiger partial charge in [0.05, 0.1) is 0 Å². The van der Waals surface area contributed by atoms with Crippen LogP contribution in [0.3, 0.4) is 0 Å². The molecule has 0 radical (unpaired) electrons. The maximum absolute atomic E-state index is 5.32. The molecular formula is C4H10Cl2N6. The lowest BCUT2D eigenvalue weighted by molar-refractivity contribution is 1.21. The van der Waals surface area contributed by atoms with Crippen molar-refractivity contribution in [1.82, 2.24) is 9.97 Å². The molecule has 0 aliphatic carbocycles. The van der Waals surface area contributed by atoms with Gasteiger partial charge in [-0.1, -0.05) is 0 Å². The fourth-order valence-electron chi connectivity index (χ4n) is 0.523. The largest absolute Gasteiger partial charge is 0.393 e. The van der Waals surface area contributed by atoms with Gasteiger partial charge in [0.1, 0.15) is 5.69 Å². The Hall–Kier alpha value is -1.14. The van der Waals surface area contributed by atoms with E-state index in [1.165, 1.54) is 0 Å². The van der Waals surface area contributed by atoms with Gasteiger partial charge in [-0.25, -0.2) is 0 Å². The average Bonchev–Trinajstić information content (AvgIpc) is 1.82. The van der Waals surface area contributed by atoms with E-state index < -0.39 is 0 Å². The zero-order chi connectivity index (χ0) is 7.72. The normalized spacial score (nSPS) is 8.00. The molecule has 1 aromatic heterocycles. The molecule has 0 aromatic carbocycles. The third-order valence-corrected chi connectivity index (χ3v) is 1.02. The molecule has 70 valence electrons. The van der Waals surface area contributed by atoms with Crippen molar-refractivity contribution < 1.29 is 0 Å². The average molecular weight is 213 g/mol. The predicted molar refractivity (Wildman–Crippen MR) is 54.2 cm³/mol. The number of hydrogen-bond donors (Lipinski definition) is 4. The molecular weight excluding hydrogens is 203 g/mol. The van der Waals surface area contributed by atoms with E-state index in [4.69, 9.17) is 22.9 Å². The maximum Gasteiger partial charge on any atom is 0.224 e. The lowest BCUT2D eigenvalue weighted by Gasteiger charge is -2.01. The van der Waals surface area contributed by atoms with Crippen molar-refractivity contribution in [1.29, 1.82) is 0 Å². The minimum Gasteiger partial charge on any atom is -0.393 e. The molecule has 1 heterocycles. The summed E-state index contributed by atoms with van der Waals surface area (Å²) in [5, 5.41) is 0. The van der Waals surface area contributed by atoms with Crippen LogP contribution < -0.4 is 22.9 Å². The number of aromatic nitrogens is 2. The van der Waals surface area contributed by atoms with Crippen molar-refractivity contribution in [2.45, 2.75) is 0 Å². The molecule has 0 aliphatic rings. The molecule has 0 spiro atoms. The summed E-state index contributed by atoms with van der Waals surface area (Å²) < 4.78 is 0. The van der Waals surface area contributed by atoms with Crippen LogP contribution in [-0.4, -0.2) is 9.97 Å². The van der Waals surface area contributed by atoms with E-state index in [0.29, 0.717) is 0 Å². The summed E-state index contributed by atoms with van der Waals surface area (Å²) in [4.78, 5) is 7.15. The van der Waals surface area contributed by atoms with Gasteiger partial charge in [0.15, 0.2) is 11.6 Å². The van der Waals surface area contributed by atoms with Crippen LogP contribution in [-0.2, 0) is 0 Å². The van der Waals surface area contributed by atoms with Crippen molar-refractivity contribution in [3.8, 4) is 0 Å². The van der Waals surface area contributed by atoms with Crippen molar-refractivity contribution in [2.75, 3.05) is 22.9 Å². The standard InChI is InChI=1S/C4H8N6.2ClH/c5-1-2(6)9-4(8)10-3(1)7;;/h5H2,(H6,6,7,8,9,10);2*1H. The van der Waals surface area contributed by atoms with Crippen LogP contribution in [0.1, 0.15) is 0 Å². The number of halogens is 2. The highest BCUT2D eigenvalue weighted by Crippen LogP contribution is 2.17. The summed E-state index contributed by atoms with van der Waals surface area (Å²) in [7, 11) is 0. The van der Waals surface area contributed by atoms with Crippen molar-refractivity contribution in [3.63, 3.8) is 0 Å². The van der Waals surface area contributed by atoms with Gasteiger partial charge in [0, 0.05) is 0 Å². The fraction of sp³-hybridized carbons (Fsp3) is 0. The van der Waals surface area contributed by atoms with Gasteiger partial charge in [-0.2, -0.15) is 9.97 Å². The quantitative estimate of drug-likeness (QED) is 0.465. The van der Waals surface area contributed by atoms with Crippen molar-refractivity contribution >= 4 is 48.1 Å². The molecule has 8 N–H and O–H groups in total. The Kier molecular flexibility index (Phi) is 5.25. The first-order valence-electron chi connectivity index (χ1n) is 2.55. The highest BCUT2D eigenvalue weighted by molar-refractivity contribution is 5.85. The zero-order valence-corrected chi connectivity index (χ0v) is 7.65. The Balaban J connectivity index is 0. The van der Waals surface area contributed by atoms with E-state index in [9.17, 15) is 0 Å². The monoisotopic (exact) mass is 212 g/mol. The predicted octanol–water partition coefficient (Wildman–Crippen LogP) is -0.351. The molecule has 0 fully saturated rings. The van der Waals surface area contributed by atoms with Crippen molar-refractivity contribution in [3.05, 3.63) is 0 Å². The molecule has 0 aliphatic heterocycles. The van der Waals surface area contributed by atoms with E-state index in [0.717, 1.165) is 0 Å². The van der Waals surface area contributed by atoms with Gasteiger partial charge in [-0.05, 0) is 0 Å². The van der Waals surface area contributed by atoms with Gasteiger partial charge in [0.25, 0.3) is 0 Å². The number of nitrogens with zero attached hydrogens (tertiary/aromatic N) is 2. The van der Waals surface area contributed by atoms with Gasteiger partial charge in [-0.3, -0.25) is 0 Å². The van der Waals surface area contributed by atoms with E-state index in [2.05, 4.69) is 9.97 Å². The summed E-state index contributed by atoms with van der Waals surface area (Å²) >= 11 is 0. The molecule has 0 saturated carbocycles. The fourth-order valence-corrected chi connectivity index (χ4v) is 0.523. The molecule has 0 saturated heterocycles. The Labute approximate surface area is 81.5 Å². The first-order valence-corrected chi connectivity index (χ1v) is 2.55. The third-order valence-electron chi connectivity index (χ3n) is 1.02. The van der Waals surface area contributed by atoms with Gasteiger partial charge < -0.3 is 22.9 Å². The summed E-state index contributed by atoms with van der Waals surface area (Å²) in [6.45, 7) is 0. The first-order chi connectivity index (χ1) is 4.61. The highest BCUT2D eigenvalue weighted by atomic mass is 35.5. The summed E-state index contributed by atoms with van der Waals surface area (Å²) in [6.07, 6.45) is 0. The van der Waals surface area contributed by atoms with Crippen LogP contribution in [0.4, 0.5) is 23.3 Å². The minimum atomic E-state index is 0. The second kappa shape index (κ2) is 4.68. The topological polar surface area (TPSA) is 130 Å². The third kappa shape index (κ3) is 2.48. The second-order valence-electron chi connectivity index (χ2n) is 1.77. The summed E-state index contributed by atoms with van der Waals surface area (Å²) in [5.41, 5.74) is 21.3. The molecule has 0 unspecified atom stereocenters. The van der Waals surface area contributed by atoms with E-state index >= 15 is 0 Å². The Bertz CT molecular complexity index is 241. The van der Waals surface area contributed by atoms with E-state index in [1.54, 1.807) is 0 Å².